The maximum Gasteiger partial charge on any atom is 0.305 e. The van der Waals surface area contributed by atoms with E-state index in [0.29, 0.717) is 65.7 Å². The Kier molecular flexibility index (Phi) is 30.7. The smallest absolute Gasteiger partial charge is 0.305 e. The highest BCUT2D eigenvalue weighted by Gasteiger charge is 2.02. The van der Waals surface area contributed by atoms with Gasteiger partial charge in [-0.2, -0.15) is 0 Å². The van der Waals surface area contributed by atoms with Gasteiger partial charge in [0.1, 0.15) is 0 Å². The number of hydrogen-bond donors (Lipinski definition) is 0. The van der Waals surface area contributed by atoms with Crippen molar-refractivity contribution in [2.45, 2.75) is 123 Å². The molecule has 0 unspecified atom stereocenters. The molecule has 0 saturated carbocycles. The summed E-state index contributed by atoms with van der Waals surface area (Å²) in [5, 5.41) is 0. The van der Waals surface area contributed by atoms with Crippen LogP contribution >= 0.6 is 0 Å². The van der Waals surface area contributed by atoms with E-state index in [1.54, 1.807) is 0 Å². The Morgan fingerprint density at radius 1 is 0.400 bits per heavy atom. The first-order valence-electron chi connectivity index (χ1n) is 14.8. The third-order valence-electron chi connectivity index (χ3n) is 5.94. The molecule has 35 heavy (non-hydrogen) atoms. The van der Waals surface area contributed by atoms with Gasteiger partial charge in [-0.15, -0.1) is 0 Å². The molecular weight excluding hydrogens is 444 g/mol. The number of ether oxygens (including phenoxy) is 5. The maximum atomic E-state index is 11.7. The maximum absolute atomic E-state index is 11.7. The average Bonchev–Trinajstić information content (AvgIpc) is 2.86. The number of esters is 1. The number of rotatable bonds is 30. The highest BCUT2D eigenvalue weighted by molar-refractivity contribution is 5.69. The fourth-order valence-corrected chi connectivity index (χ4v) is 3.74. The number of hydrogen-bond acceptors (Lipinski definition) is 6. The molecule has 0 aromatic heterocycles. The van der Waals surface area contributed by atoms with E-state index in [4.69, 9.17) is 23.7 Å². The highest BCUT2D eigenvalue weighted by atomic mass is 16.6. The van der Waals surface area contributed by atoms with E-state index < -0.39 is 0 Å². The molecule has 0 rings (SSSR count). The second kappa shape index (κ2) is 31.3. The Labute approximate surface area is 217 Å². The quantitative estimate of drug-likeness (QED) is 0.0760. The summed E-state index contributed by atoms with van der Waals surface area (Å²) in [7, 11) is 0. The molecule has 0 heterocycles. The fraction of sp³-hybridized carbons (Fsp3) is 0.966. The highest BCUT2D eigenvalue weighted by Crippen LogP contribution is 2.10. The van der Waals surface area contributed by atoms with Crippen LogP contribution in [0, 0.1) is 0 Å². The topological polar surface area (TPSA) is 63.2 Å². The van der Waals surface area contributed by atoms with Crippen LogP contribution in [0.1, 0.15) is 123 Å². The SMILES string of the molecule is CCCCCCCCCCCCOC(=O)CCCOCCOCCOCCOCCCCCCC. The molecule has 0 radical (unpaired) electrons. The van der Waals surface area contributed by atoms with Gasteiger partial charge >= 0.3 is 5.97 Å². The van der Waals surface area contributed by atoms with Crippen LogP contribution in [0.2, 0.25) is 0 Å². The van der Waals surface area contributed by atoms with E-state index in [1.807, 2.05) is 0 Å². The Bertz CT molecular complexity index is 405. The Hall–Kier alpha value is -0.690. The lowest BCUT2D eigenvalue weighted by Crippen LogP contribution is -2.12. The van der Waals surface area contributed by atoms with E-state index in [9.17, 15) is 4.79 Å². The van der Waals surface area contributed by atoms with Crippen molar-refractivity contribution < 1.29 is 28.5 Å². The summed E-state index contributed by atoms with van der Waals surface area (Å²) in [5.74, 6) is -0.113. The van der Waals surface area contributed by atoms with E-state index in [2.05, 4.69) is 13.8 Å². The summed E-state index contributed by atoms with van der Waals surface area (Å²) in [4.78, 5) is 11.7. The van der Waals surface area contributed by atoms with Gasteiger partial charge in [0.2, 0.25) is 0 Å². The van der Waals surface area contributed by atoms with Crippen LogP contribution in [0.5, 0.6) is 0 Å². The van der Waals surface area contributed by atoms with Crippen molar-refractivity contribution in [2.75, 3.05) is 59.5 Å². The average molecular weight is 503 g/mol. The van der Waals surface area contributed by atoms with Gasteiger partial charge in [0.15, 0.2) is 0 Å². The summed E-state index contributed by atoms with van der Waals surface area (Å²) < 4.78 is 27.3. The zero-order chi connectivity index (χ0) is 25.5. The second-order valence-electron chi connectivity index (χ2n) is 9.37. The predicted octanol–water partition coefficient (Wildman–Crippen LogP) is 7.27. The van der Waals surface area contributed by atoms with Crippen molar-refractivity contribution in [3.05, 3.63) is 0 Å². The molecule has 0 aliphatic heterocycles. The molecule has 0 bridgehead atoms. The normalized spacial score (nSPS) is 11.3. The summed E-state index contributed by atoms with van der Waals surface area (Å²) in [6.45, 7) is 9.91. The Balaban J connectivity index is 3.13. The monoisotopic (exact) mass is 502 g/mol. The first kappa shape index (κ1) is 34.3. The molecule has 0 fully saturated rings. The first-order valence-corrected chi connectivity index (χ1v) is 14.8. The number of carbonyl (C=O) groups excluding carboxylic acids is 1. The molecular formula is C29H58O6. The molecule has 6 heteroatoms. The molecule has 0 aromatic rings. The third kappa shape index (κ3) is 31.3. The minimum absolute atomic E-state index is 0.113. The summed E-state index contributed by atoms with van der Waals surface area (Å²) in [6, 6.07) is 0. The molecule has 0 aliphatic carbocycles. The van der Waals surface area contributed by atoms with Gasteiger partial charge in [0, 0.05) is 19.6 Å². The summed E-state index contributed by atoms with van der Waals surface area (Å²) in [5.41, 5.74) is 0. The van der Waals surface area contributed by atoms with Gasteiger partial charge in [-0.3, -0.25) is 4.79 Å². The zero-order valence-electron chi connectivity index (χ0n) is 23.3. The largest absolute Gasteiger partial charge is 0.466 e. The van der Waals surface area contributed by atoms with Crippen molar-refractivity contribution in [3.8, 4) is 0 Å². The minimum Gasteiger partial charge on any atom is -0.466 e. The van der Waals surface area contributed by atoms with E-state index in [1.165, 1.54) is 77.0 Å². The molecule has 0 N–H and O–H groups in total. The van der Waals surface area contributed by atoms with Gasteiger partial charge in [0.25, 0.3) is 0 Å². The molecule has 0 spiro atoms. The standard InChI is InChI=1S/C29H58O6/c1-3-5-7-9-10-11-12-13-15-17-22-35-29(30)19-18-21-32-24-26-34-28-27-33-25-23-31-20-16-14-8-6-4-2/h3-28H2,1-2H3. The van der Waals surface area contributed by atoms with Crippen LogP contribution < -0.4 is 0 Å². The zero-order valence-corrected chi connectivity index (χ0v) is 23.3. The van der Waals surface area contributed by atoms with E-state index >= 15 is 0 Å². The Morgan fingerprint density at radius 2 is 0.743 bits per heavy atom. The Morgan fingerprint density at radius 3 is 1.20 bits per heavy atom. The van der Waals surface area contributed by atoms with Crippen molar-refractivity contribution in [1.82, 2.24) is 0 Å². The van der Waals surface area contributed by atoms with Crippen LogP contribution in [0.25, 0.3) is 0 Å². The van der Waals surface area contributed by atoms with Crippen molar-refractivity contribution in [3.63, 3.8) is 0 Å². The molecule has 0 atom stereocenters. The second-order valence-corrected chi connectivity index (χ2v) is 9.37. The first-order chi connectivity index (χ1) is 17.3. The van der Waals surface area contributed by atoms with E-state index in [-0.39, 0.29) is 5.97 Å². The van der Waals surface area contributed by atoms with Crippen molar-refractivity contribution >= 4 is 5.97 Å². The van der Waals surface area contributed by atoms with Gasteiger partial charge in [0.05, 0.1) is 46.2 Å². The summed E-state index contributed by atoms with van der Waals surface area (Å²) >= 11 is 0. The molecule has 210 valence electrons. The van der Waals surface area contributed by atoms with Crippen molar-refractivity contribution in [2.24, 2.45) is 0 Å². The number of carbonyl (C=O) groups is 1. The molecule has 0 aromatic carbocycles. The van der Waals surface area contributed by atoms with Crippen LogP contribution in [-0.2, 0) is 28.5 Å². The summed E-state index contributed by atoms with van der Waals surface area (Å²) in [6.07, 6.45) is 20.3. The van der Waals surface area contributed by atoms with E-state index in [0.717, 1.165) is 25.9 Å². The lowest BCUT2D eigenvalue weighted by molar-refractivity contribution is -0.144. The van der Waals surface area contributed by atoms with Gasteiger partial charge < -0.3 is 23.7 Å². The fourth-order valence-electron chi connectivity index (χ4n) is 3.74. The van der Waals surface area contributed by atoms with Gasteiger partial charge in [-0.25, -0.2) is 0 Å². The number of unbranched alkanes of at least 4 members (excludes halogenated alkanes) is 13. The van der Waals surface area contributed by atoms with Crippen molar-refractivity contribution in [1.29, 1.82) is 0 Å². The molecule has 0 aliphatic rings. The predicted molar refractivity (Wildman–Crippen MR) is 144 cm³/mol. The van der Waals surface area contributed by atoms with Gasteiger partial charge in [-0.1, -0.05) is 97.3 Å². The van der Waals surface area contributed by atoms with Crippen LogP contribution in [0.15, 0.2) is 0 Å². The van der Waals surface area contributed by atoms with Crippen LogP contribution in [-0.4, -0.2) is 65.4 Å². The third-order valence-corrected chi connectivity index (χ3v) is 5.94. The lowest BCUT2D eigenvalue weighted by Gasteiger charge is -2.08. The van der Waals surface area contributed by atoms with Crippen LogP contribution in [0.3, 0.4) is 0 Å². The molecule has 0 saturated heterocycles. The molecule has 6 nitrogen and oxygen atoms in total. The van der Waals surface area contributed by atoms with Gasteiger partial charge in [-0.05, 0) is 19.3 Å². The molecule has 0 amide bonds. The minimum atomic E-state index is -0.113. The lowest BCUT2D eigenvalue weighted by atomic mass is 10.1. The van der Waals surface area contributed by atoms with Crippen LogP contribution in [0.4, 0.5) is 0 Å².